The molecule has 0 bridgehead atoms. The fourth-order valence-electron chi connectivity index (χ4n) is 2.19. The Morgan fingerprint density at radius 1 is 1.20 bits per heavy atom. The van der Waals surface area contributed by atoms with Gasteiger partial charge in [-0.2, -0.15) is 5.10 Å². The number of fused-ring (bicyclic) bond motifs is 1. The lowest BCUT2D eigenvalue weighted by molar-refractivity contribution is 0.785. The van der Waals surface area contributed by atoms with Gasteiger partial charge in [-0.25, -0.2) is 9.97 Å². The van der Waals surface area contributed by atoms with E-state index >= 15 is 0 Å². The summed E-state index contributed by atoms with van der Waals surface area (Å²) in [6.07, 6.45) is 3.39. The van der Waals surface area contributed by atoms with E-state index in [0.29, 0.717) is 0 Å². The predicted molar refractivity (Wildman–Crippen MR) is 82.6 cm³/mol. The molecule has 0 aliphatic rings. The van der Waals surface area contributed by atoms with E-state index < -0.39 is 0 Å². The van der Waals surface area contributed by atoms with Gasteiger partial charge in [-0.15, -0.1) is 0 Å². The number of halogens is 1. The zero-order valence-electron chi connectivity index (χ0n) is 11.3. The number of rotatable bonds is 3. The van der Waals surface area contributed by atoms with Gasteiger partial charge in [0.25, 0.3) is 0 Å². The van der Waals surface area contributed by atoms with Crippen molar-refractivity contribution in [2.24, 2.45) is 7.05 Å². The second kappa shape index (κ2) is 5.20. The smallest absolute Gasteiger partial charge is 0.163 e. The molecule has 0 aliphatic carbocycles. The van der Waals surface area contributed by atoms with Crippen LogP contribution >= 0.6 is 15.9 Å². The summed E-state index contributed by atoms with van der Waals surface area (Å²) < 4.78 is 2.84. The van der Waals surface area contributed by atoms with Crippen LogP contribution < -0.4 is 4.90 Å². The summed E-state index contributed by atoms with van der Waals surface area (Å²) in [6, 6.07) is 8.29. The highest BCUT2D eigenvalue weighted by atomic mass is 79.9. The molecule has 1 aromatic carbocycles. The largest absolute Gasteiger partial charge is 0.355 e. The van der Waals surface area contributed by atoms with Crippen molar-refractivity contribution < 1.29 is 0 Å². The molecule has 3 rings (SSSR count). The highest BCUT2D eigenvalue weighted by molar-refractivity contribution is 9.10. The Morgan fingerprint density at radius 2 is 1.95 bits per heavy atom. The molecule has 0 N–H and O–H groups in total. The van der Waals surface area contributed by atoms with Crippen molar-refractivity contribution in [2.75, 3.05) is 11.9 Å². The van der Waals surface area contributed by atoms with Crippen LogP contribution in [-0.4, -0.2) is 26.8 Å². The lowest BCUT2D eigenvalue weighted by Gasteiger charge is -2.18. The fourth-order valence-corrected chi connectivity index (χ4v) is 2.46. The van der Waals surface area contributed by atoms with Gasteiger partial charge in [-0.1, -0.05) is 28.1 Å². The summed E-state index contributed by atoms with van der Waals surface area (Å²) in [6.45, 7) is 0.786. The Labute approximate surface area is 125 Å². The third kappa shape index (κ3) is 2.38. The molecular weight excluding hydrogens is 318 g/mol. The molecule has 0 atom stereocenters. The number of aryl methyl sites for hydroxylation is 1. The molecule has 3 aromatic rings. The first-order valence-electron chi connectivity index (χ1n) is 6.23. The van der Waals surface area contributed by atoms with Gasteiger partial charge in [0.1, 0.15) is 12.1 Å². The van der Waals surface area contributed by atoms with Crippen LogP contribution in [0.5, 0.6) is 0 Å². The van der Waals surface area contributed by atoms with Crippen molar-refractivity contribution in [1.82, 2.24) is 19.7 Å². The molecule has 0 radical (unpaired) electrons. The van der Waals surface area contributed by atoms with Gasteiger partial charge in [-0.3, -0.25) is 4.68 Å². The van der Waals surface area contributed by atoms with Crippen LogP contribution in [0.15, 0.2) is 41.3 Å². The summed E-state index contributed by atoms with van der Waals surface area (Å²) in [5, 5.41) is 5.21. The van der Waals surface area contributed by atoms with E-state index in [1.54, 1.807) is 11.0 Å². The summed E-state index contributed by atoms with van der Waals surface area (Å²) in [7, 11) is 3.91. The average Bonchev–Trinajstić information content (AvgIpc) is 2.83. The van der Waals surface area contributed by atoms with Crippen LogP contribution in [-0.2, 0) is 13.6 Å². The Hall–Kier alpha value is -1.95. The van der Waals surface area contributed by atoms with E-state index in [2.05, 4.69) is 48.0 Å². The molecule has 0 saturated heterocycles. The molecule has 0 unspecified atom stereocenters. The second-order valence-corrected chi connectivity index (χ2v) is 5.60. The molecule has 0 aliphatic heterocycles. The quantitative estimate of drug-likeness (QED) is 0.740. The molecule has 5 nitrogen and oxygen atoms in total. The SMILES string of the molecule is CN(Cc1ccc(Br)cc1)c1ncnc2c1cnn2C. The molecule has 102 valence electrons. The topological polar surface area (TPSA) is 46.8 Å². The minimum Gasteiger partial charge on any atom is -0.355 e. The van der Waals surface area contributed by atoms with Crippen molar-refractivity contribution in [3.8, 4) is 0 Å². The normalized spacial score (nSPS) is 10.9. The monoisotopic (exact) mass is 331 g/mol. The molecule has 20 heavy (non-hydrogen) atoms. The Balaban J connectivity index is 1.92. The number of nitrogens with zero attached hydrogens (tertiary/aromatic N) is 5. The van der Waals surface area contributed by atoms with Crippen LogP contribution in [0.1, 0.15) is 5.56 Å². The minimum atomic E-state index is 0.786. The predicted octanol–water partition coefficient (Wildman–Crippen LogP) is 2.76. The minimum absolute atomic E-state index is 0.786. The second-order valence-electron chi connectivity index (χ2n) is 4.69. The van der Waals surface area contributed by atoms with E-state index in [4.69, 9.17) is 0 Å². The first-order valence-corrected chi connectivity index (χ1v) is 7.03. The number of hydrogen-bond donors (Lipinski definition) is 0. The summed E-state index contributed by atoms with van der Waals surface area (Å²) in [5.41, 5.74) is 2.07. The molecule has 2 aromatic heterocycles. The molecule has 2 heterocycles. The van der Waals surface area contributed by atoms with Crippen LogP contribution in [0.2, 0.25) is 0 Å². The number of hydrogen-bond acceptors (Lipinski definition) is 4. The van der Waals surface area contributed by atoms with E-state index in [1.165, 1.54) is 5.56 Å². The number of aromatic nitrogens is 4. The van der Waals surface area contributed by atoms with E-state index in [9.17, 15) is 0 Å². The van der Waals surface area contributed by atoms with Crippen molar-refractivity contribution >= 4 is 32.8 Å². The van der Waals surface area contributed by atoms with Gasteiger partial charge >= 0.3 is 0 Å². The van der Waals surface area contributed by atoms with Gasteiger partial charge in [0.2, 0.25) is 0 Å². The lowest BCUT2D eigenvalue weighted by atomic mass is 10.2. The summed E-state index contributed by atoms with van der Waals surface area (Å²) in [5.74, 6) is 0.894. The molecule has 0 fully saturated rings. The molecule has 0 spiro atoms. The molecular formula is C14H14BrN5. The van der Waals surface area contributed by atoms with Crippen molar-refractivity contribution in [3.05, 3.63) is 46.8 Å². The van der Waals surface area contributed by atoms with Crippen molar-refractivity contribution in [1.29, 1.82) is 0 Å². The highest BCUT2D eigenvalue weighted by Gasteiger charge is 2.11. The van der Waals surface area contributed by atoms with Crippen LogP contribution in [0.3, 0.4) is 0 Å². The van der Waals surface area contributed by atoms with E-state index in [-0.39, 0.29) is 0 Å². The van der Waals surface area contributed by atoms with Crippen LogP contribution in [0.25, 0.3) is 11.0 Å². The highest BCUT2D eigenvalue weighted by Crippen LogP contribution is 2.22. The molecule has 0 amide bonds. The third-order valence-electron chi connectivity index (χ3n) is 3.20. The third-order valence-corrected chi connectivity index (χ3v) is 3.73. The van der Waals surface area contributed by atoms with Crippen LogP contribution in [0.4, 0.5) is 5.82 Å². The number of anilines is 1. The van der Waals surface area contributed by atoms with Crippen LogP contribution in [0, 0.1) is 0 Å². The summed E-state index contributed by atoms with van der Waals surface area (Å²) in [4.78, 5) is 10.8. The van der Waals surface area contributed by atoms with Gasteiger partial charge < -0.3 is 4.90 Å². The maximum Gasteiger partial charge on any atom is 0.163 e. The van der Waals surface area contributed by atoms with Gasteiger partial charge in [0.15, 0.2) is 5.65 Å². The standard InChI is InChI=1S/C14H14BrN5/c1-19(8-10-3-5-11(15)6-4-10)13-12-7-18-20(2)14(12)17-9-16-13/h3-7,9H,8H2,1-2H3. The fraction of sp³-hybridized carbons (Fsp3) is 0.214. The molecule has 6 heteroatoms. The maximum absolute atomic E-state index is 4.39. The first kappa shape index (κ1) is 13.1. The first-order chi connectivity index (χ1) is 9.65. The van der Waals surface area contributed by atoms with E-state index in [0.717, 1.165) is 27.9 Å². The van der Waals surface area contributed by atoms with Crippen molar-refractivity contribution in [2.45, 2.75) is 6.54 Å². The van der Waals surface area contributed by atoms with Gasteiger partial charge in [-0.05, 0) is 17.7 Å². The van der Waals surface area contributed by atoms with Crippen molar-refractivity contribution in [3.63, 3.8) is 0 Å². The zero-order chi connectivity index (χ0) is 14.1. The zero-order valence-corrected chi connectivity index (χ0v) is 12.9. The Kier molecular flexibility index (Phi) is 3.40. The number of benzene rings is 1. The Bertz CT molecular complexity index is 735. The average molecular weight is 332 g/mol. The van der Waals surface area contributed by atoms with E-state index in [1.807, 2.05) is 32.4 Å². The van der Waals surface area contributed by atoms with Gasteiger partial charge in [0.05, 0.1) is 11.6 Å². The summed E-state index contributed by atoms with van der Waals surface area (Å²) >= 11 is 3.45. The lowest BCUT2D eigenvalue weighted by Crippen LogP contribution is -2.18. The molecule has 0 saturated carbocycles. The maximum atomic E-state index is 4.39. The van der Waals surface area contributed by atoms with Gasteiger partial charge in [0, 0.05) is 25.1 Å². The Morgan fingerprint density at radius 3 is 2.70 bits per heavy atom.